The van der Waals surface area contributed by atoms with Crippen molar-refractivity contribution < 1.29 is 10.2 Å². The van der Waals surface area contributed by atoms with Gasteiger partial charge in [-0.25, -0.2) is 0 Å². The molecule has 0 spiro atoms. The first-order valence-corrected chi connectivity index (χ1v) is 5.05. The van der Waals surface area contributed by atoms with E-state index in [0.717, 1.165) is 5.56 Å². The lowest BCUT2D eigenvalue weighted by Gasteiger charge is -2.15. The normalized spacial score (nSPS) is 15.1. The van der Waals surface area contributed by atoms with Crippen LogP contribution in [0, 0.1) is 6.92 Å². The van der Waals surface area contributed by atoms with E-state index in [9.17, 15) is 10.2 Å². The molecule has 0 fully saturated rings. The molecule has 0 radical (unpaired) electrons. The lowest BCUT2D eigenvalue weighted by atomic mass is 10.0. The van der Waals surface area contributed by atoms with Crippen molar-refractivity contribution in [2.45, 2.75) is 38.9 Å². The summed E-state index contributed by atoms with van der Waals surface area (Å²) in [5, 5.41) is 19.0. The van der Waals surface area contributed by atoms with Crippen molar-refractivity contribution in [2.75, 3.05) is 0 Å². The van der Waals surface area contributed by atoms with Gasteiger partial charge in [-0.1, -0.05) is 36.8 Å². The molecule has 1 aromatic rings. The highest BCUT2D eigenvalue weighted by Crippen LogP contribution is 2.09. The molecule has 0 aromatic heterocycles. The van der Waals surface area contributed by atoms with E-state index >= 15 is 0 Å². The maximum absolute atomic E-state index is 9.59. The third-order valence-electron chi connectivity index (χ3n) is 2.43. The Bertz CT molecular complexity index is 266. The van der Waals surface area contributed by atoms with Crippen LogP contribution in [0.5, 0.6) is 0 Å². The van der Waals surface area contributed by atoms with E-state index in [2.05, 4.69) is 0 Å². The van der Waals surface area contributed by atoms with Crippen LogP contribution in [-0.2, 0) is 6.42 Å². The molecule has 0 heterocycles. The number of hydrogen-bond acceptors (Lipinski definition) is 2. The number of hydrogen-bond donors (Lipinski definition) is 2. The summed E-state index contributed by atoms with van der Waals surface area (Å²) in [5.41, 5.74) is 2.27. The predicted octanol–water partition coefficient (Wildman–Crippen LogP) is 1.67. The summed E-state index contributed by atoms with van der Waals surface area (Å²) >= 11 is 0. The van der Waals surface area contributed by atoms with Gasteiger partial charge in [0.15, 0.2) is 0 Å². The third kappa shape index (κ3) is 3.13. The van der Waals surface area contributed by atoms with E-state index < -0.39 is 12.2 Å². The maximum atomic E-state index is 9.59. The Morgan fingerprint density at radius 3 is 2.14 bits per heavy atom. The van der Waals surface area contributed by atoms with Gasteiger partial charge in [0.05, 0.1) is 12.2 Å². The van der Waals surface area contributed by atoms with Gasteiger partial charge < -0.3 is 10.2 Å². The zero-order chi connectivity index (χ0) is 10.6. The van der Waals surface area contributed by atoms with Crippen LogP contribution in [0.15, 0.2) is 24.3 Å². The van der Waals surface area contributed by atoms with Crippen LogP contribution in [0.2, 0.25) is 0 Å². The predicted molar refractivity (Wildman–Crippen MR) is 57.2 cm³/mol. The second-order valence-corrected chi connectivity index (χ2v) is 3.73. The van der Waals surface area contributed by atoms with Gasteiger partial charge in [-0.05, 0) is 18.9 Å². The number of rotatable bonds is 4. The van der Waals surface area contributed by atoms with Crippen LogP contribution in [0.3, 0.4) is 0 Å². The highest BCUT2D eigenvalue weighted by atomic mass is 16.3. The van der Waals surface area contributed by atoms with Gasteiger partial charge in [-0.3, -0.25) is 0 Å². The van der Waals surface area contributed by atoms with Gasteiger partial charge in [-0.15, -0.1) is 0 Å². The molecule has 0 saturated carbocycles. The van der Waals surface area contributed by atoms with Crippen molar-refractivity contribution in [1.29, 1.82) is 0 Å². The zero-order valence-electron chi connectivity index (χ0n) is 8.77. The molecule has 0 bridgehead atoms. The van der Waals surface area contributed by atoms with E-state index in [4.69, 9.17) is 0 Å². The minimum Gasteiger partial charge on any atom is -0.390 e. The van der Waals surface area contributed by atoms with E-state index in [1.807, 2.05) is 38.1 Å². The largest absolute Gasteiger partial charge is 0.390 e. The first kappa shape index (κ1) is 11.2. The fourth-order valence-electron chi connectivity index (χ4n) is 1.37. The molecule has 1 aromatic carbocycles. The SMILES string of the molecule is CCC(O)C(O)Cc1ccc(C)cc1. The lowest BCUT2D eigenvalue weighted by Crippen LogP contribution is -2.27. The first-order chi connectivity index (χ1) is 6.63. The van der Waals surface area contributed by atoms with Crippen LogP contribution in [0.25, 0.3) is 0 Å². The first-order valence-electron chi connectivity index (χ1n) is 5.05. The standard InChI is InChI=1S/C12H18O2/c1-3-11(13)12(14)8-10-6-4-9(2)5-7-10/h4-7,11-14H,3,8H2,1-2H3. The van der Waals surface area contributed by atoms with Crippen molar-refractivity contribution in [3.8, 4) is 0 Å². The van der Waals surface area contributed by atoms with Crippen LogP contribution in [-0.4, -0.2) is 22.4 Å². The summed E-state index contributed by atoms with van der Waals surface area (Å²) in [6, 6.07) is 8.00. The van der Waals surface area contributed by atoms with Gasteiger partial charge >= 0.3 is 0 Å². The van der Waals surface area contributed by atoms with Gasteiger partial charge in [0, 0.05) is 6.42 Å². The molecular formula is C12H18O2. The minimum absolute atomic E-state index is 0.523. The summed E-state index contributed by atoms with van der Waals surface area (Å²) in [7, 11) is 0. The summed E-state index contributed by atoms with van der Waals surface area (Å²) in [6.07, 6.45) is -0.151. The van der Waals surface area contributed by atoms with Gasteiger partial charge in [0.1, 0.15) is 0 Å². The van der Waals surface area contributed by atoms with Crippen LogP contribution in [0.4, 0.5) is 0 Å². The fourth-order valence-corrected chi connectivity index (χ4v) is 1.37. The monoisotopic (exact) mass is 194 g/mol. The molecule has 14 heavy (non-hydrogen) atoms. The average Bonchev–Trinajstić information content (AvgIpc) is 2.20. The quantitative estimate of drug-likeness (QED) is 0.765. The van der Waals surface area contributed by atoms with Crippen molar-refractivity contribution in [1.82, 2.24) is 0 Å². The summed E-state index contributed by atoms with van der Waals surface area (Å²) in [6.45, 7) is 3.89. The second kappa shape index (κ2) is 5.13. The summed E-state index contributed by atoms with van der Waals surface area (Å²) in [4.78, 5) is 0. The average molecular weight is 194 g/mol. The Morgan fingerprint density at radius 1 is 1.07 bits per heavy atom. The Morgan fingerprint density at radius 2 is 1.64 bits per heavy atom. The zero-order valence-corrected chi connectivity index (χ0v) is 8.77. The Kier molecular flexibility index (Phi) is 4.11. The van der Waals surface area contributed by atoms with Crippen molar-refractivity contribution in [2.24, 2.45) is 0 Å². The van der Waals surface area contributed by atoms with E-state index in [1.54, 1.807) is 0 Å². The van der Waals surface area contributed by atoms with Gasteiger partial charge in [0.25, 0.3) is 0 Å². The molecule has 0 aliphatic carbocycles. The Balaban J connectivity index is 2.56. The van der Waals surface area contributed by atoms with Crippen molar-refractivity contribution in [3.05, 3.63) is 35.4 Å². The molecule has 2 heteroatoms. The minimum atomic E-state index is -0.650. The molecule has 2 unspecified atom stereocenters. The van der Waals surface area contributed by atoms with E-state index in [1.165, 1.54) is 5.56 Å². The van der Waals surface area contributed by atoms with Crippen molar-refractivity contribution >= 4 is 0 Å². The molecule has 0 aliphatic rings. The lowest BCUT2D eigenvalue weighted by molar-refractivity contribution is 0.0181. The number of aliphatic hydroxyl groups excluding tert-OH is 2. The van der Waals surface area contributed by atoms with Gasteiger partial charge in [0.2, 0.25) is 0 Å². The number of aryl methyl sites for hydroxylation is 1. The molecule has 2 atom stereocenters. The second-order valence-electron chi connectivity index (χ2n) is 3.73. The molecule has 1 rings (SSSR count). The molecule has 2 N–H and O–H groups in total. The number of benzene rings is 1. The smallest absolute Gasteiger partial charge is 0.0839 e. The maximum Gasteiger partial charge on any atom is 0.0839 e. The molecule has 0 saturated heterocycles. The topological polar surface area (TPSA) is 40.5 Å². The number of aliphatic hydroxyl groups is 2. The van der Waals surface area contributed by atoms with Crippen LogP contribution in [0.1, 0.15) is 24.5 Å². The van der Waals surface area contributed by atoms with Gasteiger partial charge in [-0.2, -0.15) is 0 Å². The Labute approximate surface area is 85.2 Å². The molecule has 0 amide bonds. The molecular weight excluding hydrogens is 176 g/mol. The van der Waals surface area contributed by atoms with Crippen LogP contribution >= 0.6 is 0 Å². The molecule has 2 nitrogen and oxygen atoms in total. The molecule has 78 valence electrons. The summed E-state index contributed by atoms with van der Waals surface area (Å²) < 4.78 is 0. The Hall–Kier alpha value is -0.860. The van der Waals surface area contributed by atoms with Crippen LogP contribution < -0.4 is 0 Å². The van der Waals surface area contributed by atoms with E-state index in [-0.39, 0.29) is 0 Å². The highest BCUT2D eigenvalue weighted by Gasteiger charge is 2.14. The van der Waals surface area contributed by atoms with Crippen molar-refractivity contribution in [3.63, 3.8) is 0 Å². The highest BCUT2D eigenvalue weighted by molar-refractivity contribution is 5.21. The fraction of sp³-hybridized carbons (Fsp3) is 0.500. The summed E-state index contributed by atoms with van der Waals surface area (Å²) in [5.74, 6) is 0. The molecule has 0 aliphatic heterocycles. The van der Waals surface area contributed by atoms with E-state index in [0.29, 0.717) is 12.8 Å². The third-order valence-corrected chi connectivity index (χ3v) is 2.43.